The first kappa shape index (κ1) is 12.5. The Morgan fingerprint density at radius 3 is 2.59 bits per heavy atom. The number of halogens is 1. The fraction of sp³-hybridized carbons (Fsp3) is 0.545. The van der Waals surface area contributed by atoms with Crippen LogP contribution in [0.3, 0.4) is 0 Å². The number of hydrogen-bond acceptors (Lipinski definition) is 3. The van der Waals surface area contributed by atoms with Gasteiger partial charge in [0.2, 0.25) is 0 Å². The second-order valence-corrected chi connectivity index (χ2v) is 5.00. The lowest BCUT2D eigenvalue weighted by Gasteiger charge is -2.05. The van der Waals surface area contributed by atoms with Crippen LogP contribution in [0.4, 0.5) is 0 Å². The van der Waals surface area contributed by atoms with Crippen molar-refractivity contribution < 1.29 is 0 Å². The van der Waals surface area contributed by atoms with Crippen molar-refractivity contribution in [3.8, 4) is 0 Å². The van der Waals surface area contributed by atoms with Gasteiger partial charge in [-0.25, -0.2) is 0 Å². The summed E-state index contributed by atoms with van der Waals surface area (Å²) in [5, 5.41) is 12.5. The van der Waals surface area contributed by atoms with Gasteiger partial charge in [-0.3, -0.25) is 9.36 Å². The molecule has 0 amide bonds. The van der Waals surface area contributed by atoms with Crippen LogP contribution < -0.4 is 0 Å². The Morgan fingerprint density at radius 2 is 2.06 bits per heavy atom. The fourth-order valence-electron chi connectivity index (χ4n) is 1.83. The van der Waals surface area contributed by atoms with Gasteiger partial charge in [-0.15, -0.1) is 5.10 Å². The van der Waals surface area contributed by atoms with Gasteiger partial charge >= 0.3 is 0 Å². The molecule has 5 nitrogen and oxygen atoms in total. The summed E-state index contributed by atoms with van der Waals surface area (Å²) in [6, 6.07) is 0. The van der Waals surface area contributed by atoms with Crippen molar-refractivity contribution in [1.29, 1.82) is 0 Å². The zero-order valence-electron chi connectivity index (χ0n) is 10.3. The molecule has 0 spiro atoms. The lowest BCUT2D eigenvalue weighted by Crippen LogP contribution is -2.10. The number of aryl methyl sites for hydroxylation is 2. The molecule has 2 aromatic heterocycles. The fourth-order valence-corrected chi connectivity index (χ4v) is 2.98. The molecule has 0 fully saturated rings. The van der Waals surface area contributed by atoms with Crippen LogP contribution in [0.5, 0.6) is 0 Å². The van der Waals surface area contributed by atoms with Crippen molar-refractivity contribution in [2.75, 3.05) is 0 Å². The lowest BCUT2D eigenvalue weighted by atomic mass is 10.2. The monoisotopic (exact) mass is 345 g/mol. The zero-order chi connectivity index (χ0) is 12.4. The largest absolute Gasteiger partial charge is 0.262 e. The molecule has 0 aromatic carbocycles. The highest BCUT2D eigenvalue weighted by molar-refractivity contribution is 14.1. The Balaban J connectivity index is 2.35. The molecule has 0 aliphatic heterocycles. The summed E-state index contributed by atoms with van der Waals surface area (Å²) in [5.74, 6) is 0. The van der Waals surface area contributed by atoms with E-state index < -0.39 is 0 Å². The van der Waals surface area contributed by atoms with Crippen LogP contribution in [0.1, 0.15) is 30.9 Å². The van der Waals surface area contributed by atoms with Crippen LogP contribution in [-0.2, 0) is 26.4 Å². The van der Waals surface area contributed by atoms with Crippen LogP contribution in [0.2, 0.25) is 0 Å². The maximum absolute atomic E-state index is 4.66. The molecular formula is C11H16IN5. The summed E-state index contributed by atoms with van der Waals surface area (Å²) in [7, 11) is 1.91. The van der Waals surface area contributed by atoms with Crippen LogP contribution in [0.25, 0.3) is 0 Å². The molecular weight excluding hydrogens is 329 g/mol. The Kier molecular flexibility index (Phi) is 3.80. The summed E-state index contributed by atoms with van der Waals surface area (Å²) < 4.78 is 5.15. The normalized spacial score (nSPS) is 11.1. The maximum Gasteiger partial charge on any atom is 0.0848 e. The van der Waals surface area contributed by atoms with Crippen LogP contribution in [0.15, 0.2) is 6.20 Å². The highest BCUT2D eigenvalue weighted by atomic mass is 127. The van der Waals surface area contributed by atoms with E-state index in [1.807, 2.05) is 7.05 Å². The quantitative estimate of drug-likeness (QED) is 0.794. The molecule has 2 heterocycles. The SMILES string of the molecule is CCc1nn(Cc2cnnn2C)c(CC)c1I. The number of aromatic nitrogens is 5. The van der Waals surface area contributed by atoms with Crippen molar-refractivity contribution in [1.82, 2.24) is 24.8 Å². The van der Waals surface area contributed by atoms with Crippen molar-refractivity contribution in [3.05, 3.63) is 26.8 Å². The summed E-state index contributed by atoms with van der Waals surface area (Å²) in [6.45, 7) is 5.04. The molecule has 0 unspecified atom stereocenters. The number of rotatable bonds is 4. The number of nitrogens with zero attached hydrogens (tertiary/aromatic N) is 5. The Morgan fingerprint density at radius 1 is 1.29 bits per heavy atom. The van der Waals surface area contributed by atoms with Crippen molar-refractivity contribution in [3.63, 3.8) is 0 Å². The van der Waals surface area contributed by atoms with Crippen LogP contribution in [-0.4, -0.2) is 24.8 Å². The average Bonchev–Trinajstić information content (AvgIpc) is 2.84. The van der Waals surface area contributed by atoms with E-state index in [1.54, 1.807) is 10.9 Å². The second-order valence-electron chi connectivity index (χ2n) is 3.92. The molecule has 0 atom stereocenters. The second kappa shape index (κ2) is 5.16. The predicted octanol–water partition coefficient (Wildman–Crippen LogP) is 1.79. The third-order valence-electron chi connectivity index (χ3n) is 2.85. The minimum Gasteiger partial charge on any atom is -0.262 e. The summed E-state index contributed by atoms with van der Waals surface area (Å²) >= 11 is 2.39. The maximum atomic E-state index is 4.66. The zero-order valence-corrected chi connectivity index (χ0v) is 12.5. The first-order valence-corrected chi connectivity index (χ1v) is 6.82. The molecule has 0 saturated carbocycles. The molecule has 0 bridgehead atoms. The third-order valence-corrected chi connectivity index (χ3v) is 4.09. The Hall–Kier alpha value is -0.920. The summed E-state index contributed by atoms with van der Waals surface area (Å²) in [4.78, 5) is 0. The van der Waals surface area contributed by atoms with Crippen molar-refractivity contribution >= 4 is 22.6 Å². The van der Waals surface area contributed by atoms with E-state index in [2.05, 4.69) is 56.5 Å². The number of hydrogen-bond donors (Lipinski definition) is 0. The molecule has 17 heavy (non-hydrogen) atoms. The van der Waals surface area contributed by atoms with Gasteiger partial charge in [0.1, 0.15) is 0 Å². The van der Waals surface area contributed by atoms with Gasteiger partial charge in [-0.1, -0.05) is 19.1 Å². The predicted molar refractivity (Wildman–Crippen MR) is 73.8 cm³/mol. The van der Waals surface area contributed by atoms with Gasteiger partial charge in [-0.2, -0.15) is 5.10 Å². The molecule has 0 N–H and O–H groups in total. The smallest absolute Gasteiger partial charge is 0.0848 e. The van der Waals surface area contributed by atoms with E-state index in [-0.39, 0.29) is 0 Å². The topological polar surface area (TPSA) is 48.5 Å². The van der Waals surface area contributed by atoms with Gasteiger partial charge in [-0.05, 0) is 35.4 Å². The first-order chi connectivity index (χ1) is 8.17. The van der Waals surface area contributed by atoms with Gasteiger partial charge in [0, 0.05) is 7.05 Å². The molecule has 2 rings (SSSR count). The van der Waals surface area contributed by atoms with E-state index in [1.165, 1.54) is 15.0 Å². The molecule has 0 aliphatic carbocycles. The third kappa shape index (κ3) is 2.36. The summed E-state index contributed by atoms with van der Waals surface area (Å²) in [6.07, 6.45) is 3.76. The van der Waals surface area contributed by atoms with E-state index in [0.717, 1.165) is 25.1 Å². The van der Waals surface area contributed by atoms with Crippen molar-refractivity contribution in [2.45, 2.75) is 33.2 Å². The van der Waals surface area contributed by atoms with E-state index in [9.17, 15) is 0 Å². The van der Waals surface area contributed by atoms with Crippen LogP contribution >= 0.6 is 22.6 Å². The minimum absolute atomic E-state index is 0.739. The molecule has 6 heteroatoms. The van der Waals surface area contributed by atoms with Gasteiger partial charge < -0.3 is 0 Å². The highest BCUT2D eigenvalue weighted by Crippen LogP contribution is 2.19. The van der Waals surface area contributed by atoms with Crippen LogP contribution in [0, 0.1) is 3.57 Å². The van der Waals surface area contributed by atoms with Crippen molar-refractivity contribution in [2.24, 2.45) is 7.05 Å². The average molecular weight is 345 g/mol. The van der Waals surface area contributed by atoms with E-state index >= 15 is 0 Å². The molecule has 0 saturated heterocycles. The Bertz CT molecular complexity index is 514. The highest BCUT2D eigenvalue weighted by Gasteiger charge is 2.14. The van der Waals surface area contributed by atoms with E-state index in [0.29, 0.717) is 0 Å². The minimum atomic E-state index is 0.739. The van der Waals surface area contributed by atoms with Gasteiger partial charge in [0.25, 0.3) is 0 Å². The van der Waals surface area contributed by atoms with E-state index in [4.69, 9.17) is 0 Å². The molecule has 92 valence electrons. The lowest BCUT2D eigenvalue weighted by molar-refractivity contribution is 0.588. The molecule has 0 aliphatic rings. The Labute approximate surface area is 114 Å². The molecule has 2 aromatic rings. The summed E-state index contributed by atoms with van der Waals surface area (Å²) in [5.41, 5.74) is 3.54. The van der Waals surface area contributed by atoms with Gasteiger partial charge in [0.15, 0.2) is 0 Å². The first-order valence-electron chi connectivity index (χ1n) is 5.74. The van der Waals surface area contributed by atoms with Gasteiger partial charge in [0.05, 0.1) is 33.4 Å². The molecule has 0 radical (unpaired) electrons. The standard InChI is InChI=1S/C11H16IN5/c1-4-9-11(12)10(5-2)17(14-9)7-8-6-13-15-16(8)3/h6H,4-5,7H2,1-3H3.